The lowest BCUT2D eigenvalue weighted by Gasteiger charge is -2.15. The molecule has 3 atom stereocenters. The molecular weight excluding hydrogens is 352 g/mol. The van der Waals surface area contributed by atoms with Crippen molar-refractivity contribution in [3.8, 4) is 0 Å². The number of nitro groups is 1. The number of benzene rings is 1. The maximum absolute atomic E-state index is 12.6. The molecule has 1 aliphatic carbocycles. The SMILES string of the molecule is CCCCC1(C(=O)Nc2ccc([S+]([O-])CCC(C)C)cc2)CC1[N+](=O)[O-]. The van der Waals surface area contributed by atoms with Gasteiger partial charge < -0.3 is 9.87 Å². The minimum atomic E-state index is -1.05. The monoisotopic (exact) mass is 380 g/mol. The number of rotatable bonds is 10. The number of nitrogens with zero attached hydrogens (tertiary/aromatic N) is 1. The molecule has 0 aliphatic heterocycles. The smallest absolute Gasteiger partial charge is 0.237 e. The minimum Gasteiger partial charge on any atom is -0.611 e. The number of amides is 1. The van der Waals surface area contributed by atoms with Crippen LogP contribution in [0.25, 0.3) is 0 Å². The number of anilines is 1. The van der Waals surface area contributed by atoms with Crippen LogP contribution in [0.15, 0.2) is 29.2 Å². The second-order valence-electron chi connectivity index (χ2n) is 7.48. The topological polar surface area (TPSA) is 95.3 Å². The molecule has 0 saturated heterocycles. The molecule has 1 N–H and O–H groups in total. The summed E-state index contributed by atoms with van der Waals surface area (Å²) in [6.07, 6.45) is 3.44. The number of nitrogens with one attached hydrogen (secondary N) is 1. The van der Waals surface area contributed by atoms with Crippen molar-refractivity contribution in [2.45, 2.75) is 63.8 Å². The van der Waals surface area contributed by atoms with Crippen LogP contribution in [0.3, 0.4) is 0 Å². The summed E-state index contributed by atoms with van der Waals surface area (Å²) in [6, 6.07) is 6.16. The van der Waals surface area contributed by atoms with Gasteiger partial charge in [0.25, 0.3) is 0 Å². The molecule has 0 heterocycles. The van der Waals surface area contributed by atoms with Gasteiger partial charge in [0.2, 0.25) is 11.9 Å². The molecule has 0 spiro atoms. The van der Waals surface area contributed by atoms with E-state index in [-0.39, 0.29) is 10.8 Å². The molecule has 0 aromatic heterocycles. The number of hydrogen-bond acceptors (Lipinski definition) is 4. The largest absolute Gasteiger partial charge is 0.611 e. The third kappa shape index (κ3) is 4.98. The third-order valence-electron chi connectivity index (χ3n) is 4.97. The number of carbonyl (C=O) groups excluding carboxylic acids is 1. The van der Waals surface area contributed by atoms with Crippen molar-refractivity contribution in [3.05, 3.63) is 34.4 Å². The normalized spacial score (nSPS) is 22.9. The van der Waals surface area contributed by atoms with Crippen LogP contribution in [0.5, 0.6) is 0 Å². The fraction of sp³-hybridized carbons (Fsp3) is 0.632. The standard InChI is InChI=1S/C19H28N2O4S/c1-4-5-11-19(13-17(19)21(23)24)18(22)20-15-6-8-16(9-7-15)26(25)12-10-14(2)3/h6-9,14,17H,4-5,10-13H2,1-3H3,(H,20,22). The van der Waals surface area contributed by atoms with Crippen LogP contribution in [0.2, 0.25) is 0 Å². The zero-order valence-electron chi connectivity index (χ0n) is 15.7. The van der Waals surface area contributed by atoms with Gasteiger partial charge in [-0.1, -0.05) is 33.6 Å². The van der Waals surface area contributed by atoms with E-state index in [0.29, 0.717) is 30.2 Å². The van der Waals surface area contributed by atoms with Gasteiger partial charge in [-0.25, -0.2) is 0 Å². The number of hydrogen-bond donors (Lipinski definition) is 1. The molecule has 1 amide bonds. The quantitative estimate of drug-likeness (QED) is 0.377. The van der Waals surface area contributed by atoms with E-state index < -0.39 is 22.6 Å². The predicted octanol–water partition coefficient (Wildman–Crippen LogP) is 4.00. The highest BCUT2D eigenvalue weighted by atomic mass is 32.2. The van der Waals surface area contributed by atoms with Crippen molar-refractivity contribution in [1.82, 2.24) is 0 Å². The van der Waals surface area contributed by atoms with E-state index >= 15 is 0 Å². The minimum absolute atomic E-state index is 0.277. The van der Waals surface area contributed by atoms with Gasteiger partial charge in [-0.2, -0.15) is 0 Å². The molecule has 26 heavy (non-hydrogen) atoms. The van der Waals surface area contributed by atoms with Crippen molar-refractivity contribution < 1.29 is 14.3 Å². The van der Waals surface area contributed by atoms with Gasteiger partial charge in [0.15, 0.2) is 4.90 Å². The first-order valence-corrected chi connectivity index (χ1v) is 10.6. The first-order chi connectivity index (χ1) is 12.3. The van der Waals surface area contributed by atoms with E-state index in [9.17, 15) is 19.5 Å². The molecule has 1 aliphatic rings. The van der Waals surface area contributed by atoms with Crippen LogP contribution in [-0.4, -0.2) is 27.2 Å². The van der Waals surface area contributed by atoms with Crippen LogP contribution in [0, 0.1) is 21.4 Å². The maximum atomic E-state index is 12.6. The first kappa shape index (κ1) is 20.7. The summed E-state index contributed by atoms with van der Waals surface area (Å²) in [5.74, 6) is 0.847. The predicted molar refractivity (Wildman–Crippen MR) is 103 cm³/mol. The summed E-state index contributed by atoms with van der Waals surface area (Å²) in [5, 5.41) is 13.9. The molecule has 0 radical (unpaired) electrons. The zero-order chi connectivity index (χ0) is 19.3. The van der Waals surface area contributed by atoms with Crippen molar-refractivity contribution in [2.75, 3.05) is 11.1 Å². The summed E-state index contributed by atoms with van der Waals surface area (Å²) >= 11 is -1.05. The Hall–Kier alpha value is -1.60. The van der Waals surface area contributed by atoms with Gasteiger partial charge in [0, 0.05) is 17.0 Å². The Morgan fingerprint density at radius 1 is 1.38 bits per heavy atom. The van der Waals surface area contributed by atoms with Gasteiger partial charge >= 0.3 is 0 Å². The highest BCUT2D eigenvalue weighted by Crippen LogP contribution is 2.52. The Labute approximate surface area is 158 Å². The third-order valence-corrected chi connectivity index (χ3v) is 6.38. The van der Waals surface area contributed by atoms with Crippen LogP contribution in [-0.2, 0) is 16.0 Å². The van der Waals surface area contributed by atoms with E-state index in [2.05, 4.69) is 19.2 Å². The van der Waals surface area contributed by atoms with Crippen LogP contribution in [0.4, 0.5) is 5.69 Å². The first-order valence-electron chi connectivity index (χ1n) is 9.23. The van der Waals surface area contributed by atoms with Crippen LogP contribution in [0.1, 0.15) is 52.9 Å². The molecule has 1 fully saturated rings. The Kier molecular flexibility index (Phi) is 7.06. The summed E-state index contributed by atoms with van der Waals surface area (Å²) in [7, 11) is 0. The van der Waals surface area contributed by atoms with E-state index in [0.717, 1.165) is 24.2 Å². The second kappa shape index (κ2) is 8.86. The van der Waals surface area contributed by atoms with E-state index in [1.165, 1.54) is 0 Å². The van der Waals surface area contributed by atoms with Crippen molar-refractivity contribution in [1.29, 1.82) is 0 Å². The molecule has 1 aromatic rings. The highest BCUT2D eigenvalue weighted by Gasteiger charge is 2.68. The van der Waals surface area contributed by atoms with Gasteiger partial charge in [-0.3, -0.25) is 14.9 Å². The van der Waals surface area contributed by atoms with Crippen molar-refractivity contribution in [3.63, 3.8) is 0 Å². The van der Waals surface area contributed by atoms with E-state index in [1.807, 2.05) is 6.92 Å². The number of carbonyl (C=O) groups is 1. The molecule has 144 valence electrons. The van der Waals surface area contributed by atoms with Gasteiger partial charge in [-0.05, 0) is 54.2 Å². The highest BCUT2D eigenvalue weighted by molar-refractivity contribution is 7.91. The molecule has 1 saturated carbocycles. The summed E-state index contributed by atoms with van der Waals surface area (Å²) in [4.78, 5) is 24.2. The summed E-state index contributed by atoms with van der Waals surface area (Å²) < 4.78 is 12.2. The zero-order valence-corrected chi connectivity index (χ0v) is 16.5. The fourth-order valence-corrected chi connectivity index (χ4v) is 4.45. The van der Waals surface area contributed by atoms with Crippen LogP contribution < -0.4 is 5.32 Å². The van der Waals surface area contributed by atoms with Gasteiger partial charge in [-0.15, -0.1) is 0 Å². The molecule has 3 unspecified atom stereocenters. The van der Waals surface area contributed by atoms with Gasteiger partial charge in [0.05, 0.1) is 0 Å². The van der Waals surface area contributed by atoms with Crippen molar-refractivity contribution in [2.24, 2.45) is 11.3 Å². The Balaban J connectivity index is 1.99. The van der Waals surface area contributed by atoms with Crippen molar-refractivity contribution >= 4 is 22.8 Å². The lowest BCUT2D eigenvalue weighted by atomic mass is 9.97. The lowest BCUT2D eigenvalue weighted by Crippen LogP contribution is -2.29. The molecular formula is C19H28N2O4S. The molecule has 0 bridgehead atoms. The molecule has 1 aromatic carbocycles. The Morgan fingerprint density at radius 2 is 2.04 bits per heavy atom. The van der Waals surface area contributed by atoms with E-state index in [1.54, 1.807) is 24.3 Å². The molecule has 2 rings (SSSR count). The second-order valence-corrected chi connectivity index (χ2v) is 9.05. The summed E-state index contributed by atoms with van der Waals surface area (Å²) in [5.41, 5.74) is -0.289. The maximum Gasteiger partial charge on any atom is 0.237 e. The average molecular weight is 381 g/mol. The van der Waals surface area contributed by atoms with Gasteiger partial charge in [0.1, 0.15) is 11.2 Å². The van der Waals surface area contributed by atoms with Crippen LogP contribution >= 0.6 is 0 Å². The average Bonchev–Trinajstić information content (AvgIpc) is 3.35. The van der Waals surface area contributed by atoms with E-state index in [4.69, 9.17) is 0 Å². The fourth-order valence-electron chi connectivity index (χ4n) is 3.09. The Morgan fingerprint density at radius 3 is 2.54 bits per heavy atom. The molecule has 6 nitrogen and oxygen atoms in total. The Bertz CT molecular complexity index is 635. The number of unbranched alkanes of at least 4 members (excludes halogenated alkanes) is 1. The summed E-state index contributed by atoms with van der Waals surface area (Å²) in [6.45, 7) is 6.20. The lowest BCUT2D eigenvalue weighted by molar-refractivity contribution is -0.501. The molecule has 7 heteroatoms.